The second kappa shape index (κ2) is 16.1. The summed E-state index contributed by atoms with van der Waals surface area (Å²) >= 11 is 0. The van der Waals surface area contributed by atoms with E-state index in [0.717, 1.165) is 16.5 Å². The standard InChI is InChI=1S/C28H43N9O6/c1-14(2)22(26(41)35-16(4)27(42)43)37-25(40)21(12-17-13-33-20-10-6-5-8-18(17)20)36-23(38)15(3)34-24(39)19(29)9-7-11-32-28(30)31/h5-6,8,10,13-16,19,21-22,33H,7,9,11-12,29H2,1-4H3,(H,34,39)(H,35,41)(H,36,38)(H,37,40)(H,42,43)(H4,30,31,32)/t15-,16-,19-,21-,22-/m0/s1. The van der Waals surface area contributed by atoms with Gasteiger partial charge in [0, 0.05) is 30.1 Å². The topological polar surface area (TPSA) is 260 Å². The molecule has 15 nitrogen and oxygen atoms in total. The molecule has 0 spiro atoms. The van der Waals surface area contributed by atoms with Gasteiger partial charge in [0.2, 0.25) is 23.6 Å². The fraction of sp³-hybridized carbons (Fsp3) is 0.500. The van der Waals surface area contributed by atoms with Crippen molar-refractivity contribution in [2.24, 2.45) is 28.1 Å². The number of para-hydroxylation sites is 1. The van der Waals surface area contributed by atoms with Gasteiger partial charge in [-0.2, -0.15) is 0 Å². The van der Waals surface area contributed by atoms with Crippen LogP contribution in [-0.4, -0.2) is 82.4 Å². The summed E-state index contributed by atoms with van der Waals surface area (Å²) in [5, 5.41) is 20.3. The molecule has 1 heterocycles. The van der Waals surface area contributed by atoms with E-state index in [-0.39, 0.29) is 18.8 Å². The van der Waals surface area contributed by atoms with Crippen LogP contribution in [0.5, 0.6) is 0 Å². The minimum absolute atomic E-state index is 0.0600. The predicted octanol–water partition coefficient (Wildman–Crippen LogP) is -1.19. The third-order valence-corrected chi connectivity index (χ3v) is 6.76. The molecule has 0 radical (unpaired) electrons. The predicted molar refractivity (Wildman–Crippen MR) is 161 cm³/mol. The number of fused-ring (bicyclic) bond motifs is 1. The second-order valence-electron chi connectivity index (χ2n) is 10.7. The van der Waals surface area contributed by atoms with Gasteiger partial charge in [0.25, 0.3) is 0 Å². The van der Waals surface area contributed by atoms with Crippen molar-refractivity contribution < 1.29 is 29.1 Å². The Bertz CT molecular complexity index is 1320. The molecule has 0 unspecified atom stereocenters. The largest absolute Gasteiger partial charge is 0.480 e. The lowest BCUT2D eigenvalue weighted by Gasteiger charge is -2.27. The van der Waals surface area contributed by atoms with Crippen molar-refractivity contribution in [3.05, 3.63) is 36.0 Å². The van der Waals surface area contributed by atoms with Crippen LogP contribution in [0.3, 0.4) is 0 Å². The zero-order valence-corrected chi connectivity index (χ0v) is 24.8. The molecule has 5 atom stereocenters. The van der Waals surface area contributed by atoms with Gasteiger partial charge in [0.05, 0.1) is 6.04 Å². The summed E-state index contributed by atoms with van der Waals surface area (Å²) in [6, 6.07) is 2.08. The van der Waals surface area contributed by atoms with Gasteiger partial charge in [-0.15, -0.1) is 0 Å². The monoisotopic (exact) mass is 601 g/mol. The minimum atomic E-state index is -1.23. The number of carbonyl (C=O) groups excluding carboxylic acids is 4. The number of nitrogens with zero attached hydrogens (tertiary/aromatic N) is 1. The quantitative estimate of drug-likeness (QED) is 0.0635. The first kappa shape index (κ1) is 34.5. The molecule has 0 aliphatic rings. The Morgan fingerprint density at radius 1 is 0.884 bits per heavy atom. The average molecular weight is 602 g/mol. The van der Waals surface area contributed by atoms with Crippen LogP contribution in [0.1, 0.15) is 46.1 Å². The van der Waals surface area contributed by atoms with Crippen molar-refractivity contribution in [3.63, 3.8) is 0 Å². The molecule has 2 rings (SSSR count). The van der Waals surface area contributed by atoms with Crippen molar-refractivity contribution in [1.29, 1.82) is 0 Å². The summed E-state index contributed by atoms with van der Waals surface area (Å²) < 4.78 is 0. The van der Waals surface area contributed by atoms with E-state index in [2.05, 4.69) is 31.2 Å². The number of carboxylic acid groups (broad SMARTS) is 1. The molecule has 0 aliphatic carbocycles. The van der Waals surface area contributed by atoms with E-state index in [1.165, 1.54) is 13.8 Å². The van der Waals surface area contributed by atoms with Crippen LogP contribution in [0.25, 0.3) is 10.9 Å². The maximum Gasteiger partial charge on any atom is 0.325 e. The maximum absolute atomic E-state index is 13.6. The molecule has 1 aromatic heterocycles. The van der Waals surface area contributed by atoms with Crippen LogP contribution in [0, 0.1) is 5.92 Å². The summed E-state index contributed by atoms with van der Waals surface area (Å²) in [6.07, 6.45) is 2.52. The number of hydrogen-bond acceptors (Lipinski definition) is 7. The number of hydrogen-bond donors (Lipinski definition) is 9. The first-order chi connectivity index (χ1) is 20.2. The highest BCUT2D eigenvalue weighted by atomic mass is 16.4. The van der Waals surface area contributed by atoms with E-state index < -0.39 is 65.7 Å². The van der Waals surface area contributed by atoms with Crippen LogP contribution in [0.2, 0.25) is 0 Å². The average Bonchev–Trinajstić information content (AvgIpc) is 3.35. The van der Waals surface area contributed by atoms with Gasteiger partial charge in [0.15, 0.2) is 5.96 Å². The zero-order chi connectivity index (χ0) is 32.3. The molecule has 4 amide bonds. The maximum atomic E-state index is 13.6. The number of carboxylic acids is 1. The summed E-state index contributed by atoms with van der Waals surface area (Å²) in [7, 11) is 0. The first-order valence-electron chi connectivity index (χ1n) is 14.0. The van der Waals surface area contributed by atoms with Crippen LogP contribution in [-0.2, 0) is 30.4 Å². The molecule has 15 heteroatoms. The number of aliphatic imine (C=N–C) groups is 1. The van der Waals surface area contributed by atoms with E-state index >= 15 is 0 Å². The molecule has 0 aliphatic heterocycles. The molecule has 0 bridgehead atoms. The Balaban J connectivity index is 2.19. The number of amides is 4. The van der Waals surface area contributed by atoms with Gasteiger partial charge in [-0.25, -0.2) is 0 Å². The van der Waals surface area contributed by atoms with Crippen LogP contribution in [0.4, 0.5) is 0 Å². The van der Waals surface area contributed by atoms with Gasteiger partial charge in [-0.3, -0.25) is 29.0 Å². The Labute approximate surface area is 249 Å². The summed E-state index contributed by atoms with van der Waals surface area (Å²) in [5.41, 5.74) is 18.1. The number of nitrogens with one attached hydrogen (secondary N) is 5. The molecule has 12 N–H and O–H groups in total. The third kappa shape index (κ3) is 10.6. The molecule has 0 saturated heterocycles. The highest BCUT2D eigenvalue weighted by Gasteiger charge is 2.32. The number of H-pyrrole nitrogens is 1. The highest BCUT2D eigenvalue weighted by molar-refractivity contribution is 5.96. The summed E-state index contributed by atoms with van der Waals surface area (Å²) in [5.74, 6) is -4.24. The van der Waals surface area contributed by atoms with E-state index in [0.29, 0.717) is 13.0 Å². The van der Waals surface area contributed by atoms with E-state index in [1.807, 2.05) is 24.3 Å². The number of aliphatic carboxylic acids is 1. The van der Waals surface area contributed by atoms with E-state index in [4.69, 9.17) is 22.3 Å². The molecule has 0 saturated carbocycles. The third-order valence-electron chi connectivity index (χ3n) is 6.76. The lowest BCUT2D eigenvalue weighted by molar-refractivity contribution is -0.142. The molecule has 43 heavy (non-hydrogen) atoms. The van der Waals surface area contributed by atoms with Gasteiger partial charge in [-0.05, 0) is 44.2 Å². The number of guanidine groups is 1. The molecule has 0 fully saturated rings. The van der Waals surface area contributed by atoms with E-state index in [9.17, 15) is 24.0 Å². The van der Waals surface area contributed by atoms with Crippen molar-refractivity contribution >= 4 is 46.5 Å². The molecular formula is C28H43N9O6. The fourth-order valence-corrected chi connectivity index (χ4v) is 4.22. The Kier molecular flexibility index (Phi) is 12.9. The summed E-state index contributed by atoms with van der Waals surface area (Å²) in [6.45, 7) is 6.46. The number of aromatic nitrogens is 1. The van der Waals surface area contributed by atoms with Crippen LogP contribution < -0.4 is 38.5 Å². The summed E-state index contributed by atoms with van der Waals surface area (Å²) in [4.78, 5) is 70.3. The molecule has 2 aromatic rings. The van der Waals surface area contributed by atoms with E-state index in [1.54, 1.807) is 20.0 Å². The van der Waals surface area contributed by atoms with Gasteiger partial charge in [-0.1, -0.05) is 32.0 Å². The van der Waals surface area contributed by atoms with Crippen molar-refractivity contribution in [3.8, 4) is 0 Å². The first-order valence-corrected chi connectivity index (χ1v) is 14.0. The number of rotatable bonds is 16. The fourth-order valence-electron chi connectivity index (χ4n) is 4.22. The van der Waals surface area contributed by atoms with Gasteiger partial charge >= 0.3 is 5.97 Å². The lowest BCUT2D eigenvalue weighted by atomic mass is 10.00. The van der Waals surface area contributed by atoms with Crippen molar-refractivity contribution in [2.45, 2.75) is 77.2 Å². The number of benzene rings is 1. The SMILES string of the molecule is CC(C)[C@H](NC(=O)[C@H](Cc1c[nH]c2ccccc12)NC(=O)[C@H](C)NC(=O)[C@@H](N)CCCN=C(N)N)C(=O)N[C@@H](C)C(=O)O. The normalized spacial score (nSPS) is 14.6. The lowest BCUT2D eigenvalue weighted by Crippen LogP contribution is -2.59. The van der Waals surface area contributed by atoms with Crippen LogP contribution in [0.15, 0.2) is 35.5 Å². The number of carbonyl (C=O) groups is 5. The van der Waals surface area contributed by atoms with Crippen LogP contribution >= 0.6 is 0 Å². The zero-order valence-electron chi connectivity index (χ0n) is 24.8. The smallest absolute Gasteiger partial charge is 0.325 e. The highest BCUT2D eigenvalue weighted by Crippen LogP contribution is 2.19. The number of aromatic amines is 1. The van der Waals surface area contributed by atoms with Crippen molar-refractivity contribution in [1.82, 2.24) is 26.3 Å². The Hall–Kier alpha value is -4.66. The molecule has 236 valence electrons. The molecule has 1 aromatic carbocycles. The second-order valence-corrected chi connectivity index (χ2v) is 10.7. The molecular weight excluding hydrogens is 558 g/mol. The Morgan fingerprint density at radius 2 is 1.53 bits per heavy atom. The Morgan fingerprint density at radius 3 is 2.16 bits per heavy atom. The van der Waals surface area contributed by atoms with Gasteiger partial charge < -0.3 is 48.6 Å². The van der Waals surface area contributed by atoms with Crippen molar-refractivity contribution in [2.75, 3.05) is 6.54 Å². The number of nitrogens with two attached hydrogens (primary N) is 3. The minimum Gasteiger partial charge on any atom is -0.480 e. The van der Waals surface area contributed by atoms with Gasteiger partial charge in [0.1, 0.15) is 24.2 Å².